The van der Waals surface area contributed by atoms with E-state index in [4.69, 9.17) is 19.4 Å². The molecular formula is C31H40N6O4. The van der Waals surface area contributed by atoms with Crippen molar-refractivity contribution in [1.29, 1.82) is 0 Å². The van der Waals surface area contributed by atoms with Crippen LogP contribution in [-0.4, -0.2) is 84.1 Å². The number of ether oxygens (including phenoxy) is 2. The van der Waals surface area contributed by atoms with Crippen LogP contribution in [-0.2, 0) is 17.7 Å². The lowest BCUT2D eigenvalue weighted by molar-refractivity contribution is 0.0284. The predicted molar refractivity (Wildman–Crippen MR) is 159 cm³/mol. The number of aromatic nitrogens is 2. The van der Waals surface area contributed by atoms with E-state index in [2.05, 4.69) is 21.2 Å². The second-order valence-corrected chi connectivity index (χ2v) is 12.2. The Balaban J connectivity index is 1.23. The second-order valence-electron chi connectivity index (χ2n) is 12.2. The van der Waals surface area contributed by atoms with Gasteiger partial charge in [0.05, 0.1) is 18.8 Å². The van der Waals surface area contributed by atoms with E-state index in [1.807, 2.05) is 45.0 Å². The Morgan fingerprint density at radius 2 is 1.88 bits per heavy atom. The van der Waals surface area contributed by atoms with Crippen LogP contribution >= 0.6 is 0 Å². The number of nitrogens with one attached hydrogen (secondary N) is 1. The zero-order valence-corrected chi connectivity index (χ0v) is 24.2. The normalized spacial score (nSPS) is 19.4. The first-order chi connectivity index (χ1) is 19.7. The van der Waals surface area contributed by atoms with Crippen LogP contribution in [0.1, 0.15) is 38.4 Å². The molecule has 0 aliphatic carbocycles. The molecule has 2 fully saturated rings. The molecule has 3 aliphatic heterocycles. The third kappa shape index (κ3) is 6.12. The number of carbonyl (C=O) groups excluding carboxylic acids is 1. The molecule has 2 saturated heterocycles. The van der Waals surface area contributed by atoms with Crippen LogP contribution in [0.3, 0.4) is 0 Å². The van der Waals surface area contributed by atoms with Crippen molar-refractivity contribution in [2.45, 2.75) is 45.8 Å². The van der Waals surface area contributed by atoms with Crippen molar-refractivity contribution in [2.24, 2.45) is 5.92 Å². The van der Waals surface area contributed by atoms with E-state index in [0.717, 1.165) is 73.5 Å². The van der Waals surface area contributed by atoms with Gasteiger partial charge in [-0.2, -0.15) is 9.97 Å². The standard InChI is InChI=1S/C31H40N6O4/c1-31(2,3)41-30(39)37-12-8-21(18-37)20-40-29-33-26-19-36(27-17-23(38)16-22-6-4-5-7-24(22)27)13-9-25(26)28(34-29)35-14-10-32-11-15-35/h4-7,16-17,21,32,38H,8-15,18-20H2,1-3H3/t21-/m1/s1. The van der Waals surface area contributed by atoms with E-state index in [9.17, 15) is 9.90 Å². The van der Waals surface area contributed by atoms with Gasteiger partial charge in [0.1, 0.15) is 17.2 Å². The Hall–Kier alpha value is -3.79. The number of aromatic hydroxyl groups is 1. The summed E-state index contributed by atoms with van der Waals surface area (Å²) in [5.41, 5.74) is 2.63. The van der Waals surface area contributed by atoms with Crippen LogP contribution in [0, 0.1) is 5.92 Å². The molecule has 1 aromatic heterocycles. The first-order valence-electron chi connectivity index (χ1n) is 14.7. The molecule has 1 atom stereocenters. The molecule has 2 aromatic carbocycles. The molecule has 1 amide bonds. The van der Waals surface area contributed by atoms with Gasteiger partial charge in [0.15, 0.2) is 0 Å². The Bertz CT molecular complexity index is 1420. The molecule has 4 heterocycles. The average molecular weight is 561 g/mol. The van der Waals surface area contributed by atoms with Crippen molar-refractivity contribution in [3.63, 3.8) is 0 Å². The third-order valence-corrected chi connectivity index (χ3v) is 7.99. The molecule has 2 N–H and O–H groups in total. The topological polar surface area (TPSA) is 103 Å². The summed E-state index contributed by atoms with van der Waals surface area (Å²) in [5, 5.41) is 16.0. The fourth-order valence-electron chi connectivity index (χ4n) is 5.99. The summed E-state index contributed by atoms with van der Waals surface area (Å²) >= 11 is 0. The van der Waals surface area contributed by atoms with Gasteiger partial charge in [-0.3, -0.25) is 0 Å². The van der Waals surface area contributed by atoms with E-state index in [0.29, 0.717) is 32.3 Å². The maximum atomic E-state index is 12.5. The molecule has 0 radical (unpaired) electrons. The fourth-order valence-corrected chi connectivity index (χ4v) is 5.99. The minimum absolute atomic E-state index is 0.194. The van der Waals surface area contributed by atoms with Crippen LogP contribution in [0.2, 0.25) is 0 Å². The lowest BCUT2D eigenvalue weighted by Gasteiger charge is -2.35. The Morgan fingerprint density at radius 1 is 1.07 bits per heavy atom. The van der Waals surface area contributed by atoms with Crippen molar-refractivity contribution in [2.75, 3.05) is 62.2 Å². The molecule has 0 bridgehead atoms. The van der Waals surface area contributed by atoms with E-state index in [1.54, 1.807) is 11.0 Å². The van der Waals surface area contributed by atoms with Crippen molar-refractivity contribution in [1.82, 2.24) is 20.2 Å². The summed E-state index contributed by atoms with van der Waals surface area (Å²) in [6.07, 6.45) is 1.39. The maximum absolute atomic E-state index is 12.5. The molecule has 10 nitrogen and oxygen atoms in total. The lowest BCUT2D eigenvalue weighted by atomic mass is 10.0. The smallest absolute Gasteiger partial charge is 0.410 e. The minimum atomic E-state index is -0.512. The number of carbonyl (C=O) groups is 1. The van der Waals surface area contributed by atoms with Gasteiger partial charge in [-0.05, 0) is 45.1 Å². The fraction of sp³-hybridized carbons (Fsp3) is 0.516. The van der Waals surface area contributed by atoms with E-state index >= 15 is 0 Å². The largest absolute Gasteiger partial charge is 0.508 e. The summed E-state index contributed by atoms with van der Waals surface area (Å²) in [7, 11) is 0. The highest BCUT2D eigenvalue weighted by Crippen LogP contribution is 2.36. The monoisotopic (exact) mass is 560 g/mol. The van der Waals surface area contributed by atoms with Crippen LogP contribution in [0.4, 0.5) is 16.3 Å². The van der Waals surface area contributed by atoms with Crippen LogP contribution in [0.25, 0.3) is 10.8 Å². The SMILES string of the molecule is CC(C)(C)OC(=O)N1CC[C@@H](COc2nc3c(c(N4CCNCC4)n2)CCN(c2cc(O)cc4ccccc24)C3)C1. The number of nitrogens with zero attached hydrogens (tertiary/aromatic N) is 5. The highest BCUT2D eigenvalue weighted by atomic mass is 16.6. The maximum Gasteiger partial charge on any atom is 0.410 e. The van der Waals surface area contributed by atoms with Gasteiger partial charge in [-0.15, -0.1) is 0 Å². The number of hydrogen-bond acceptors (Lipinski definition) is 9. The number of benzene rings is 2. The number of fused-ring (bicyclic) bond motifs is 2. The van der Waals surface area contributed by atoms with E-state index < -0.39 is 5.60 Å². The molecule has 3 aromatic rings. The number of hydrogen-bond donors (Lipinski definition) is 2. The molecule has 3 aliphatic rings. The first kappa shape index (κ1) is 27.4. The van der Waals surface area contributed by atoms with Gasteiger partial charge >= 0.3 is 12.1 Å². The summed E-state index contributed by atoms with van der Waals surface area (Å²) < 4.78 is 11.8. The van der Waals surface area contributed by atoms with E-state index in [1.165, 1.54) is 5.56 Å². The van der Waals surface area contributed by atoms with Crippen LogP contribution in [0.15, 0.2) is 36.4 Å². The van der Waals surface area contributed by atoms with Gasteiger partial charge in [0.2, 0.25) is 0 Å². The Morgan fingerprint density at radius 3 is 2.68 bits per heavy atom. The average Bonchev–Trinajstić information content (AvgIpc) is 3.44. The molecule has 10 heteroatoms. The number of rotatable bonds is 5. The predicted octanol–water partition coefficient (Wildman–Crippen LogP) is 3.94. The van der Waals surface area contributed by atoms with Gasteiger partial charge in [0.25, 0.3) is 0 Å². The second kappa shape index (κ2) is 11.2. The van der Waals surface area contributed by atoms with Gasteiger partial charge in [-0.1, -0.05) is 24.3 Å². The van der Waals surface area contributed by atoms with Gasteiger partial charge < -0.3 is 34.6 Å². The zero-order valence-electron chi connectivity index (χ0n) is 24.2. The highest BCUT2D eigenvalue weighted by molar-refractivity contribution is 5.95. The number of anilines is 2. The number of amides is 1. The number of phenols is 1. The number of phenolic OH excluding ortho intramolecular Hbond substituents is 1. The van der Waals surface area contributed by atoms with E-state index in [-0.39, 0.29) is 17.8 Å². The summed E-state index contributed by atoms with van der Waals surface area (Å²) in [6, 6.07) is 12.2. The van der Waals surface area contributed by atoms with Crippen LogP contribution < -0.4 is 19.9 Å². The van der Waals surface area contributed by atoms with Crippen molar-refractivity contribution >= 4 is 28.4 Å². The minimum Gasteiger partial charge on any atom is -0.508 e. The lowest BCUT2D eigenvalue weighted by Crippen LogP contribution is -2.45. The molecule has 6 rings (SSSR count). The van der Waals surface area contributed by atoms with Gasteiger partial charge in [0, 0.05) is 74.4 Å². The summed E-state index contributed by atoms with van der Waals surface area (Å²) in [4.78, 5) is 28.8. The summed E-state index contributed by atoms with van der Waals surface area (Å²) in [6.45, 7) is 12.4. The van der Waals surface area contributed by atoms with Gasteiger partial charge in [-0.25, -0.2) is 4.79 Å². The molecular weight excluding hydrogens is 520 g/mol. The number of likely N-dealkylation sites (tertiary alicyclic amines) is 1. The Labute approximate surface area is 241 Å². The summed E-state index contributed by atoms with van der Waals surface area (Å²) in [5.74, 6) is 1.42. The van der Waals surface area contributed by atoms with Crippen molar-refractivity contribution in [3.05, 3.63) is 47.7 Å². The quantitative estimate of drug-likeness (QED) is 0.480. The Kier molecular flexibility index (Phi) is 7.50. The molecule has 0 saturated carbocycles. The molecule has 0 unspecified atom stereocenters. The number of piperazine rings is 1. The third-order valence-electron chi connectivity index (χ3n) is 7.99. The molecule has 0 spiro atoms. The molecule has 41 heavy (non-hydrogen) atoms. The van der Waals surface area contributed by atoms with Crippen molar-refractivity contribution < 1.29 is 19.4 Å². The highest BCUT2D eigenvalue weighted by Gasteiger charge is 2.31. The zero-order chi connectivity index (χ0) is 28.6. The first-order valence-corrected chi connectivity index (χ1v) is 14.7. The van der Waals surface area contributed by atoms with Crippen LogP contribution in [0.5, 0.6) is 11.8 Å². The molecule has 218 valence electrons. The van der Waals surface area contributed by atoms with Crippen molar-refractivity contribution in [3.8, 4) is 11.8 Å².